The Hall–Kier alpha value is -2.40. The molecule has 5 nitrogen and oxygen atoms in total. The van der Waals surface area contributed by atoms with Crippen LogP contribution in [-0.2, 0) is 4.79 Å². The molecule has 0 unspecified atom stereocenters. The van der Waals surface area contributed by atoms with Gasteiger partial charge in [0.15, 0.2) is 0 Å². The lowest BCUT2D eigenvalue weighted by molar-refractivity contribution is -0.117. The Morgan fingerprint density at radius 1 is 1.00 bits per heavy atom. The standard InChI is InChI=1S/C24H31N3O2/c1-3-26(4-2)20-11-13-27(14-12-20)24(29)21-15-18-7-5-6-8-19(18)16-22(21)25-23(28)17-9-10-17/h5-8,15-17,20H,3-4,9-14H2,1-2H3,(H,25,28). The van der Waals surface area contributed by atoms with Crippen molar-refractivity contribution in [2.24, 2.45) is 5.92 Å². The van der Waals surface area contributed by atoms with Crippen molar-refractivity contribution in [3.63, 3.8) is 0 Å². The van der Waals surface area contributed by atoms with Gasteiger partial charge in [0.25, 0.3) is 5.91 Å². The molecule has 0 bridgehead atoms. The first-order valence-corrected chi connectivity index (χ1v) is 11.0. The average Bonchev–Trinajstić information content (AvgIpc) is 3.60. The van der Waals surface area contributed by atoms with Crippen LogP contribution in [-0.4, -0.2) is 53.8 Å². The Bertz CT molecular complexity index is 894. The predicted octanol–water partition coefficient (Wildman–Crippen LogP) is 4.13. The maximum Gasteiger partial charge on any atom is 0.255 e. The van der Waals surface area contributed by atoms with Crippen LogP contribution < -0.4 is 5.32 Å². The molecule has 0 spiro atoms. The summed E-state index contributed by atoms with van der Waals surface area (Å²) in [4.78, 5) is 30.3. The van der Waals surface area contributed by atoms with Gasteiger partial charge in [-0.15, -0.1) is 0 Å². The van der Waals surface area contributed by atoms with Crippen molar-refractivity contribution in [1.82, 2.24) is 9.80 Å². The molecule has 2 aromatic rings. The zero-order valence-electron chi connectivity index (χ0n) is 17.5. The molecule has 4 rings (SSSR count). The topological polar surface area (TPSA) is 52.6 Å². The van der Waals surface area contributed by atoms with Gasteiger partial charge in [0.05, 0.1) is 11.3 Å². The minimum Gasteiger partial charge on any atom is -0.338 e. The van der Waals surface area contributed by atoms with E-state index >= 15 is 0 Å². The van der Waals surface area contributed by atoms with Crippen molar-refractivity contribution >= 4 is 28.3 Å². The van der Waals surface area contributed by atoms with E-state index in [2.05, 4.69) is 24.1 Å². The normalized spacial score (nSPS) is 17.7. The first-order chi connectivity index (χ1) is 14.1. The van der Waals surface area contributed by atoms with E-state index in [9.17, 15) is 9.59 Å². The summed E-state index contributed by atoms with van der Waals surface area (Å²) in [6.07, 6.45) is 3.90. The highest BCUT2D eigenvalue weighted by Gasteiger charge is 2.31. The summed E-state index contributed by atoms with van der Waals surface area (Å²) in [5, 5.41) is 5.10. The number of benzene rings is 2. The van der Waals surface area contributed by atoms with E-state index in [1.54, 1.807) is 0 Å². The second kappa shape index (κ2) is 8.54. The first-order valence-electron chi connectivity index (χ1n) is 11.0. The fourth-order valence-electron chi connectivity index (χ4n) is 4.45. The minimum absolute atomic E-state index is 0.0276. The number of rotatable bonds is 6. The number of amides is 2. The van der Waals surface area contributed by atoms with E-state index in [1.807, 2.05) is 41.3 Å². The molecule has 2 aliphatic rings. The van der Waals surface area contributed by atoms with Gasteiger partial charge in [0, 0.05) is 25.0 Å². The summed E-state index contributed by atoms with van der Waals surface area (Å²) in [6, 6.07) is 12.4. The average molecular weight is 394 g/mol. The maximum absolute atomic E-state index is 13.4. The lowest BCUT2D eigenvalue weighted by Gasteiger charge is -2.38. The Labute approximate surface area is 173 Å². The third-order valence-electron chi connectivity index (χ3n) is 6.40. The molecule has 5 heteroatoms. The minimum atomic E-state index is 0.0276. The van der Waals surface area contributed by atoms with Crippen molar-refractivity contribution < 1.29 is 9.59 Å². The molecule has 1 saturated heterocycles. The summed E-state index contributed by atoms with van der Waals surface area (Å²) in [5.74, 6) is 0.170. The van der Waals surface area contributed by atoms with E-state index in [0.29, 0.717) is 17.3 Å². The van der Waals surface area contributed by atoms with Gasteiger partial charge in [-0.25, -0.2) is 0 Å². The number of nitrogens with zero attached hydrogens (tertiary/aromatic N) is 2. The lowest BCUT2D eigenvalue weighted by atomic mass is 10.00. The summed E-state index contributed by atoms with van der Waals surface area (Å²) in [7, 11) is 0. The number of carbonyl (C=O) groups excluding carboxylic acids is 2. The lowest BCUT2D eigenvalue weighted by Crippen LogP contribution is -2.46. The van der Waals surface area contributed by atoms with Crippen LogP contribution in [0.3, 0.4) is 0 Å². The number of hydrogen-bond donors (Lipinski definition) is 1. The van der Waals surface area contributed by atoms with Crippen molar-refractivity contribution in [3.8, 4) is 0 Å². The molecular weight excluding hydrogens is 362 g/mol. The number of carbonyl (C=O) groups is 2. The van der Waals surface area contributed by atoms with Crippen LogP contribution in [0.2, 0.25) is 0 Å². The molecule has 1 heterocycles. The first kappa shape index (κ1) is 19.9. The zero-order valence-corrected chi connectivity index (χ0v) is 17.5. The summed E-state index contributed by atoms with van der Waals surface area (Å²) < 4.78 is 0. The fraction of sp³-hybridized carbons (Fsp3) is 0.500. The van der Waals surface area contributed by atoms with Gasteiger partial charge in [0.2, 0.25) is 5.91 Å². The fourth-order valence-corrected chi connectivity index (χ4v) is 4.45. The summed E-state index contributed by atoms with van der Waals surface area (Å²) >= 11 is 0. The van der Waals surface area contributed by atoms with Crippen LogP contribution in [0.4, 0.5) is 5.69 Å². The van der Waals surface area contributed by atoms with Crippen molar-refractivity contribution in [1.29, 1.82) is 0 Å². The second-order valence-electron chi connectivity index (χ2n) is 8.25. The molecule has 1 aliphatic carbocycles. The van der Waals surface area contributed by atoms with Gasteiger partial charge >= 0.3 is 0 Å². The molecule has 0 atom stereocenters. The molecule has 29 heavy (non-hydrogen) atoms. The zero-order chi connectivity index (χ0) is 20.4. The van der Waals surface area contributed by atoms with Gasteiger partial charge in [-0.2, -0.15) is 0 Å². The van der Waals surface area contributed by atoms with E-state index < -0.39 is 0 Å². The van der Waals surface area contributed by atoms with Crippen LogP contribution in [0, 0.1) is 5.92 Å². The highest BCUT2D eigenvalue weighted by molar-refractivity contribution is 6.08. The van der Waals surface area contributed by atoms with E-state index in [4.69, 9.17) is 0 Å². The number of piperidine rings is 1. The molecule has 0 radical (unpaired) electrons. The van der Waals surface area contributed by atoms with Gasteiger partial charge in [-0.3, -0.25) is 9.59 Å². The van der Waals surface area contributed by atoms with Crippen LogP contribution in [0.5, 0.6) is 0 Å². The number of anilines is 1. The third kappa shape index (κ3) is 4.30. The summed E-state index contributed by atoms with van der Waals surface area (Å²) in [5.41, 5.74) is 1.26. The molecule has 1 N–H and O–H groups in total. The highest BCUT2D eigenvalue weighted by Crippen LogP contribution is 2.32. The molecular formula is C24H31N3O2. The smallest absolute Gasteiger partial charge is 0.255 e. The van der Waals surface area contributed by atoms with Crippen LogP contribution in [0.1, 0.15) is 49.9 Å². The van der Waals surface area contributed by atoms with Gasteiger partial charge < -0.3 is 15.1 Å². The van der Waals surface area contributed by atoms with Gasteiger partial charge in [0.1, 0.15) is 0 Å². The monoisotopic (exact) mass is 393 g/mol. The second-order valence-corrected chi connectivity index (χ2v) is 8.25. The molecule has 2 aromatic carbocycles. The number of fused-ring (bicyclic) bond motifs is 1. The molecule has 154 valence electrons. The highest BCUT2D eigenvalue weighted by atomic mass is 16.2. The van der Waals surface area contributed by atoms with Crippen molar-refractivity contribution in [3.05, 3.63) is 42.0 Å². The van der Waals surface area contributed by atoms with Gasteiger partial charge in [-0.05, 0) is 61.7 Å². The molecule has 1 saturated carbocycles. The molecule has 2 amide bonds. The Morgan fingerprint density at radius 2 is 1.62 bits per heavy atom. The molecule has 0 aromatic heterocycles. The predicted molar refractivity (Wildman–Crippen MR) is 117 cm³/mol. The number of likely N-dealkylation sites (tertiary alicyclic amines) is 1. The Kier molecular flexibility index (Phi) is 5.86. The molecule has 2 fully saturated rings. The Balaban J connectivity index is 1.56. The van der Waals surface area contributed by atoms with Crippen LogP contribution in [0.15, 0.2) is 36.4 Å². The number of nitrogens with one attached hydrogen (secondary N) is 1. The molecule has 1 aliphatic heterocycles. The van der Waals surface area contributed by atoms with Crippen LogP contribution >= 0.6 is 0 Å². The van der Waals surface area contributed by atoms with E-state index in [-0.39, 0.29) is 17.7 Å². The summed E-state index contributed by atoms with van der Waals surface area (Å²) in [6.45, 7) is 8.04. The van der Waals surface area contributed by atoms with Crippen LogP contribution in [0.25, 0.3) is 10.8 Å². The van der Waals surface area contributed by atoms with Gasteiger partial charge in [-0.1, -0.05) is 38.1 Å². The van der Waals surface area contributed by atoms with E-state index in [1.165, 1.54) is 0 Å². The van der Waals surface area contributed by atoms with Crippen molar-refractivity contribution in [2.45, 2.75) is 45.6 Å². The Morgan fingerprint density at radius 3 is 2.21 bits per heavy atom. The SMILES string of the molecule is CCN(CC)C1CCN(C(=O)c2cc3ccccc3cc2NC(=O)C2CC2)CC1. The maximum atomic E-state index is 13.4. The number of hydrogen-bond acceptors (Lipinski definition) is 3. The quantitative estimate of drug-likeness (QED) is 0.803. The largest absolute Gasteiger partial charge is 0.338 e. The van der Waals surface area contributed by atoms with E-state index in [0.717, 1.165) is 62.6 Å². The van der Waals surface area contributed by atoms with Crippen molar-refractivity contribution in [2.75, 3.05) is 31.5 Å². The third-order valence-corrected chi connectivity index (χ3v) is 6.40.